The fourth-order valence-electron chi connectivity index (χ4n) is 2.23. The van der Waals surface area contributed by atoms with Crippen LogP contribution < -0.4 is 5.32 Å². The van der Waals surface area contributed by atoms with Crippen LogP contribution in [0.1, 0.15) is 28.7 Å². The molecule has 2 heterocycles. The third kappa shape index (κ3) is 2.81. The minimum Gasteiger partial charge on any atom is -0.459 e. The minimum atomic E-state index is -0.0993. The molecule has 1 amide bonds. The van der Waals surface area contributed by atoms with E-state index in [2.05, 4.69) is 10.3 Å². The molecule has 2 rings (SSSR count). The molecule has 0 unspecified atom stereocenters. The van der Waals surface area contributed by atoms with Crippen LogP contribution >= 0.6 is 0 Å². The van der Waals surface area contributed by atoms with Gasteiger partial charge in [0.15, 0.2) is 5.58 Å². The Bertz CT molecular complexity index is 595. The second-order valence-electron chi connectivity index (χ2n) is 5.34. The maximum absolute atomic E-state index is 12.1. The van der Waals surface area contributed by atoms with Crippen molar-refractivity contribution in [3.8, 4) is 0 Å². The molecule has 0 saturated carbocycles. The van der Waals surface area contributed by atoms with Crippen molar-refractivity contribution >= 4 is 17.0 Å². The summed E-state index contributed by atoms with van der Waals surface area (Å²) in [5.41, 5.74) is 3.24. The van der Waals surface area contributed by atoms with E-state index in [0.29, 0.717) is 5.69 Å². The SMILES string of the molecule is Cc1oc2cc(C(=O)N[C@H](C)CN(C)C)[nH]c2c1C. The number of rotatable bonds is 4. The molecule has 5 nitrogen and oxygen atoms in total. The molecule has 0 radical (unpaired) electrons. The van der Waals surface area contributed by atoms with Crippen molar-refractivity contribution in [3.63, 3.8) is 0 Å². The first-order valence-electron chi connectivity index (χ1n) is 6.42. The van der Waals surface area contributed by atoms with E-state index < -0.39 is 0 Å². The summed E-state index contributed by atoms with van der Waals surface area (Å²) in [6, 6.07) is 1.85. The molecule has 0 aliphatic rings. The van der Waals surface area contributed by atoms with Gasteiger partial charge in [0.2, 0.25) is 0 Å². The molecule has 0 saturated heterocycles. The van der Waals surface area contributed by atoms with Gasteiger partial charge in [-0.15, -0.1) is 0 Å². The number of carbonyl (C=O) groups is 1. The number of hydrogen-bond acceptors (Lipinski definition) is 3. The third-order valence-electron chi connectivity index (χ3n) is 3.21. The van der Waals surface area contributed by atoms with Gasteiger partial charge in [0.25, 0.3) is 5.91 Å². The fraction of sp³-hybridized carbons (Fsp3) is 0.500. The van der Waals surface area contributed by atoms with Crippen LogP contribution in [0.15, 0.2) is 10.5 Å². The highest BCUT2D eigenvalue weighted by molar-refractivity contribution is 5.97. The molecular formula is C14H21N3O2. The summed E-state index contributed by atoms with van der Waals surface area (Å²) in [6.45, 7) is 6.69. The Hall–Kier alpha value is -1.75. The number of nitrogens with zero attached hydrogens (tertiary/aromatic N) is 1. The van der Waals surface area contributed by atoms with Crippen LogP contribution in [-0.2, 0) is 0 Å². The molecule has 104 valence electrons. The summed E-state index contributed by atoms with van der Waals surface area (Å²) < 4.78 is 5.58. The molecule has 5 heteroatoms. The zero-order valence-corrected chi connectivity index (χ0v) is 12.1. The number of aryl methyl sites for hydroxylation is 2. The van der Waals surface area contributed by atoms with Gasteiger partial charge >= 0.3 is 0 Å². The topological polar surface area (TPSA) is 61.3 Å². The molecule has 2 N–H and O–H groups in total. The van der Waals surface area contributed by atoms with Crippen molar-refractivity contribution in [2.75, 3.05) is 20.6 Å². The Morgan fingerprint density at radius 3 is 2.74 bits per heavy atom. The molecule has 19 heavy (non-hydrogen) atoms. The monoisotopic (exact) mass is 263 g/mol. The number of fused-ring (bicyclic) bond motifs is 1. The highest BCUT2D eigenvalue weighted by Gasteiger charge is 2.16. The van der Waals surface area contributed by atoms with Gasteiger partial charge in [0.1, 0.15) is 11.5 Å². The summed E-state index contributed by atoms with van der Waals surface area (Å²) in [5.74, 6) is 0.784. The van der Waals surface area contributed by atoms with Crippen molar-refractivity contribution in [2.24, 2.45) is 0 Å². The molecule has 0 aromatic carbocycles. The zero-order valence-electron chi connectivity index (χ0n) is 12.1. The van der Waals surface area contributed by atoms with Crippen LogP contribution in [0.3, 0.4) is 0 Å². The van der Waals surface area contributed by atoms with Crippen LogP contribution in [0.4, 0.5) is 0 Å². The first-order chi connectivity index (χ1) is 8.88. The second-order valence-corrected chi connectivity index (χ2v) is 5.34. The van der Waals surface area contributed by atoms with Crippen molar-refractivity contribution in [3.05, 3.63) is 23.1 Å². The summed E-state index contributed by atoms with van der Waals surface area (Å²) in [4.78, 5) is 17.3. The van der Waals surface area contributed by atoms with Gasteiger partial charge in [-0.25, -0.2) is 0 Å². The highest BCUT2D eigenvalue weighted by atomic mass is 16.3. The maximum atomic E-state index is 12.1. The number of H-pyrrole nitrogens is 1. The van der Waals surface area contributed by atoms with E-state index in [9.17, 15) is 4.79 Å². The Balaban J connectivity index is 2.13. The second kappa shape index (κ2) is 5.09. The van der Waals surface area contributed by atoms with E-state index >= 15 is 0 Å². The fourth-order valence-corrected chi connectivity index (χ4v) is 2.23. The van der Waals surface area contributed by atoms with Crippen LogP contribution in [0, 0.1) is 13.8 Å². The Morgan fingerprint density at radius 1 is 1.47 bits per heavy atom. The van der Waals surface area contributed by atoms with Crippen LogP contribution in [0.25, 0.3) is 11.1 Å². The van der Waals surface area contributed by atoms with Gasteiger partial charge in [0.05, 0.1) is 5.52 Å². The number of furan rings is 1. The van der Waals surface area contributed by atoms with Gasteiger partial charge in [-0.05, 0) is 34.9 Å². The lowest BCUT2D eigenvalue weighted by molar-refractivity contribution is 0.0930. The quantitative estimate of drug-likeness (QED) is 0.887. The molecule has 0 bridgehead atoms. The van der Waals surface area contributed by atoms with Crippen molar-refractivity contribution in [1.29, 1.82) is 0 Å². The number of amides is 1. The first-order valence-corrected chi connectivity index (χ1v) is 6.42. The standard InChI is InChI=1S/C14H21N3O2/c1-8(7-17(4)5)15-14(18)11-6-12-13(16-11)9(2)10(3)19-12/h6,8,16H,7H2,1-5H3,(H,15,18)/t8-/m1/s1. The summed E-state index contributed by atoms with van der Waals surface area (Å²) in [5, 5.41) is 2.96. The lowest BCUT2D eigenvalue weighted by Crippen LogP contribution is -2.39. The van der Waals surface area contributed by atoms with Crippen LogP contribution in [0.5, 0.6) is 0 Å². The normalized spacial score (nSPS) is 13.2. The van der Waals surface area contributed by atoms with Gasteiger partial charge in [0, 0.05) is 24.2 Å². The Labute approximate surface area is 113 Å². The molecule has 1 atom stereocenters. The number of carbonyl (C=O) groups excluding carboxylic acids is 1. The van der Waals surface area contributed by atoms with E-state index in [1.54, 1.807) is 6.07 Å². The average Bonchev–Trinajstić information content (AvgIpc) is 2.79. The van der Waals surface area contributed by atoms with E-state index in [0.717, 1.165) is 29.0 Å². The smallest absolute Gasteiger partial charge is 0.268 e. The molecular weight excluding hydrogens is 242 g/mol. The van der Waals surface area contributed by atoms with E-state index in [4.69, 9.17) is 4.42 Å². The highest BCUT2D eigenvalue weighted by Crippen LogP contribution is 2.24. The maximum Gasteiger partial charge on any atom is 0.268 e. The lowest BCUT2D eigenvalue weighted by atomic mass is 10.3. The Kier molecular flexibility index (Phi) is 3.66. The van der Waals surface area contributed by atoms with Gasteiger partial charge < -0.3 is 19.6 Å². The number of hydrogen-bond donors (Lipinski definition) is 2. The summed E-state index contributed by atoms with van der Waals surface area (Å²) in [7, 11) is 3.97. The van der Waals surface area contributed by atoms with E-state index in [1.165, 1.54) is 0 Å². The molecule has 0 spiro atoms. The molecule has 0 aliphatic heterocycles. The lowest BCUT2D eigenvalue weighted by Gasteiger charge is -2.17. The molecule has 2 aromatic rings. The van der Waals surface area contributed by atoms with E-state index in [1.807, 2.05) is 39.8 Å². The number of aromatic amines is 1. The van der Waals surface area contributed by atoms with Crippen LogP contribution in [0.2, 0.25) is 0 Å². The number of aromatic nitrogens is 1. The van der Waals surface area contributed by atoms with Crippen molar-refractivity contribution < 1.29 is 9.21 Å². The molecule has 2 aromatic heterocycles. The minimum absolute atomic E-state index is 0.0972. The third-order valence-corrected chi connectivity index (χ3v) is 3.21. The summed E-state index contributed by atoms with van der Waals surface area (Å²) >= 11 is 0. The molecule has 0 fully saturated rings. The molecule has 0 aliphatic carbocycles. The Morgan fingerprint density at radius 2 is 2.16 bits per heavy atom. The van der Waals surface area contributed by atoms with Crippen molar-refractivity contribution in [1.82, 2.24) is 15.2 Å². The average molecular weight is 263 g/mol. The first kappa shape index (κ1) is 13.7. The summed E-state index contributed by atoms with van der Waals surface area (Å²) in [6.07, 6.45) is 0. The zero-order chi connectivity index (χ0) is 14.2. The predicted octanol–water partition coefficient (Wildman–Crippen LogP) is 2.06. The van der Waals surface area contributed by atoms with Gasteiger partial charge in [-0.1, -0.05) is 0 Å². The van der Waals surface area contributed by atoms with Crippen molar-refractivity contribution in [2.45, 2.75) is 26.8 Å². The van der Waals surface area contributed by atoms with Crippen LogP contribution in [-0.4, -0.2) is 42.5 Å². The van der Waals surface area contributed by atoms with E-state index in [-0.39, 0.29) is 11.9 Å². The van der Waals surface area contributed by atoms with Gasteiger partial charge in [-0.3, -0.25) is 4.79 Å². The number of likely N-dealkylation sites (N-methyl/N-ethyl adjacent to an activating group) is 1. The van der Waals surface area contributed by atoms with Gasteiger partial charge in [-0.2, -0.15) is 0 Å². The predicted molar refractivity (Wildman–Crippen MR) is 75.5 cm³/mol. The number of nitrogens with one attached hydrogen (secondary N) is 2. The largest absolute Gasteiger partial charge is 0.459 e.